The smallest absolute Gasteiger partial charge is 0.303 e. The Balaban J connectivity index is 2.28. The molecule has 6 heteroatoms. The van der Waals surface area contributed by atoms with Gasteiger partial charge in [-0.25, -0.2) is 0 Å². The van der Waals surface area contributed by atoms with Gasteiger partial charge in [0.05, 0.1) is 0 Å². The van der Waals surface area contributed by atoms with Crippen molar-refractivity contribution >= 4 is 11.9 Å². The second-order valence-corrected chi connectivity index (χ2v) is 4.95. The summed E-state index contributed by atoms with van der Waals surface area (Å²) in [7, 11) is 0. The van der Waals surface area contributed by atoms with E-state index in [0.29, 0.717) is 18.9 Å². The summed E-state index contributed by atoms with van der Waals surface area (Å²) >= 11 is 0. The maximum Gasteiger partial charge on any atom is 0.303 e. The summed E-state index contributed by atoms with van der Waals surface area (Å²) in [6, 6.07) is 1.45. The van der Waals surface area contributed by atoms with Crippen LogP contribution in [0, 0.1) is 5.92 Å². The van der Waals surface area contributed by atoms with Crippen molar-refractivity contribution in [2.75, 3.05) is 6.54 Å². The highest BCUT2D eigenvalue weighted by Crippen LogP contribution is 2.14. The third-order valence-electron chi connectivity index (χ3n) is 3.50. The van der Waals surface area contributed by atoms with Crippen molar-refractivity contribution in [2.24, 2.45) is 5.92 Å². The molecule has 0 bridgehead atoms. The number of aromatic nitrogens is 2. The number of carbonyl (C=O) groups is 2. The first-order chi connectivity index (χ1) is 9.54. The molecular formula is C14H23N3O3. The van der Waals surface area contributed by atoms with E-state index < -0.39 is 5.97 Å². The summed E-state index contributed by atoms with van der Waals surface area (Å²) in [5.74, 6) is -0.493. The zero-order chi connectivity index (χ0) is 15.0. The molecule has 1 rings (SSSR count). The van der Waals surface area contributed by atoms with E-state index in [9.17, 15) is 9.59 Å². The standard InChI is InChI=1S/C14H23N3O3/c1-3-12(5-6-13(18)19)7-9-15-14(20)11(2)17-10-4-8-16-17/h4,8,10-12H,3,5-7,9H2,1-2H3,(H,15,20)(H,18,19). The van der Waals surface area contributed by atoms with Crippen LogP contribution in [0.4, 0.5) is 0 Å². The fraction of sp³-hybridized carbons (Fsp3) is 0.643. The van der Waals surface area contributed by atoms with Gasteiger partial charge in [-0.2, -0.15) is 5.10 Å². The second kappa shape index (κ2) is 8.35. The van der Waals surface area contributed by atoms with Crippen LogP contribution in [-0.4, -0.2) is 33.3 Å². The third kappa shape index (κ3) is 5.42. The normalized spacial score (nSPS) is 13.7. The van der Waals surface area contributed by atoms with Crippen molar-refractivity contribution in [3.05, 3.63) is 18.5 Å². The van der Waals surface area contributed by atoms with Gasteiger partial charge in [0.1, 0.15) is 6.04 Å². The first-order valence-corrected chi connectivity index (χ1v) is 7.03. The Labute approximate surface area is 119 Å². The van der Waals surface area contributed by atoms with Gasteiger partial charge in [-0.05, 0) is 31.7 Å². The number of carbonyl (C=O) groups excluding carboxylic acids is 1. The molecular weight excluding hydrogens is 258 g/mol. The molecule has 0 aliphatic rings. The predicted molar refractivity (Wildman–Crippen MR) is 75.2 cm³/mol. The molecule has 6 nitrogen and oxygen atoms in total. The molecule has 1 heterocycles. The monoisotopic (exact) mass is 281 g/mol. The van der Waals surface area contributed by atoms with Crippen molar-refractivity contribution in [3.63, 3.8) is 0 Å². The Hall–Kier alpha value is -1.85. The number of hydrogen-bond donors (Lipinski definition) is 2. The Morgan fingerprint density at radius 2 is 2.15 bits per heavy atom. The number of carboxylic acids is 1. The lowest BCUT2D eigenvalue weighted by atomic mass is 9.96. The van der Waals surface area contributed by atoms with E-state index in [1.807, 2.05) is 6.92 Å². The zero-order valence-corrected chi connectivity index (χ0v) is 12.1. The number of amides is 1. The van der Waals surface area contributed by atoms with E-state index in [-0.39, 0.29) is 18.4 Å². The largest absolute Gasteiger partial charge is 0.481 e. The Morgan fingerprint density at radius 1 is 1.40 bits per heavy atom. The highest BCUT2D eigenvalue weighted by molar-refractivity contribution is 5.79. The molecule has 2 atom stereocenters. The number of aliphatic carboxylic acids is 1. The molecule has 0 spiro atoms. The summed E-state index contributed by atoms with van der Waals surface area (Å²) < 4.78 is 1.61. The van der Waals surface area contributed by atoms with Crippen LogP contribution in [0.1, 0.15) is 45.6 Å². The Bertz CT molecular complexity index is 417. The first-order valence-electron chi connectivity index (χ1n) is 7.03. The van der Waals surface area contributed by atoms with Gasteiger partial charge in [0, 0.05) is 25.4 Å². The van der Waals surface area contributed by atoms with Gasteiger partial charge in [0.15, 0.2) is 0 Å². The maximum atomic E-state index is 11.9. The Kier molecular flexibility index (Phi) is 6.76. The van der Waals surface area contributed by atoms with Crippen molar-refractivity contribution in [1.82, 2.24) is 15.1 Å². The van der Waals surface area contributed by atoms with Crippen LogP contribution in [-0.2, 0) is 9.59 Å². The molecule has 1 aromatic heterocycles. The van der Waals surface area contributed by atoms with E-state index in [2.05, 4.69) is 10.4 Å². The molecule has 2 unspecified atom stereocenters. The van der Waals surface area contributed by atoms with E-state index in [0.717, 1.165) is 12.8 Å². The molecule has 0 fully saturated rings. The lowest BCUT2D eigenvalue weighted by Gasteiger charge is -2.16. The molecule has 112 valence electrons. The minimum atomic E-state index is -0.764. The van der Waals surface area contributed by atoms with E-state index in [1.54, 1.807) is 30.1 Å². The fourth-order valence-electron chi connectivity index (χ4n) is 2.06. The summed E-state index contributed by atoms with van der Waals surface area (Å²) in [6.07, 6.45) is 5.99. The van der Waals surface area contributed by atoms with Crippen LogP contribution in [0.25, 0.3) is 0 Å². The van der Waals surface area contributed by atoms with E-state index >= 15 is 0 Å². The van der Waals surface area contributed by atoms with Crippen LogP contribution in [0.3, 0.4) is 0 Å². The number of rotatable bonds is 9. The van der Waals surface area contributed by atoms with Gasteiger partial charge in [-0.15, -0.1) is 0 Å². The molecule has 0 aromatic carbocycles. The average Bonchev–Trinajstić information content (AvgIpc) is 2.95. The quantitative estimate of drug-likeness (QED) is 0.723. The van der Waals surface area contributed by atoms with Gasteiger partial charge in [-0.3, -0.25) is 14.3 Å². The van der Waals surface area contributed by atoms with Crippen molar-refractivity contribution < 1.29 is 14.7 Å². The number of nitrogens with zero attached hydrogens (tertiary/aromatic N) is 2. The molecule has 0 aliphatic carbocycles. The van der Waals surface area contributed by atoms with E-state index in [4.69, 9.17) is 5.11 Å². The SMILES string of the molecule is CCC(CCNC(=O)C(C)n1cccn1)CCC(=O)O. The predicted octanol–water partition coefficient (Wildman–Crippen LogP) is 1.84. The lowest BCUT2D eigenvalue weighted by Crippen LogP contribution is -2.32. The Morgan fingerprint density at radius 3 is 2.70 bits per heavy atom. The summed E-state index contributed by atoms with van der Waals surface area (Å²) in [5, 5.41) is 15.6. The first kappa shape index (κ1) is 16.2. The number of hydrogen-bond acceptors (Lipinski definition) is 3. The highest BCUT2D eigenvalue weighted by atomic mass is 16.4. The highest BCUT2D eigenvalue weighted by Gasteiger charge is 2.15. The van der Waals surface area contributed by atoms with Crippen molar-refractivity contribution in [2.45, 2.75) is 45.6 Å². The molecule has 0 radical (unpaired) electrons. The average molecular weight is 281 g/mol. The van der Waals surface area contributed by atoms with Gasteiger partial charge < -0.3 is 10.4 Å². The number of nitrogens with one attached hydrogen (secondary N) is 1. The topological polar surface area (TPSA) is 84.2 Å². The molecule has 2 N–H and O–H groups in total. The summed E-state index contributed by atoms with van der Waals surface area (Å²) in [4.78, 5) is 22.5. The zero-order valence-electron chi connectivity index (χ0n) is 12.1. The van der Waals surface area contributed by atoms with Gasteiger partial charge >= 0.3 is 5.97 Å². The van der Waals surface area contributed by atoms with Crippen molar-refractivity contribution in [3.8, 4) is 0 Å². The van der Waals surface area contributed by atoms with Crippen LogP contribution in [0.15, 0.2) is 18.5 Å². The minimum Gasteiger partial charge on any atom is -0.481 e. The molecule has 0 aliphatic heterocycles. The van der Waals surface area contributed by atoms with E-state index in [1.165, 1.54) is 0 Å². The van der Waals surface area contributed by atoms with Crippen molar-refractivity contribution in [1.29, 1.82) is 0 Å². The van der Waals surface area contributed by atoms with Gasteiger partial charge in [-0.1, -0.05) is 13.3 Å². The van der Waals surface area contributed by atoms with Crippen LogP contribution < -0.4 is 5.32 Å². The van der Waals surface area contributed by atoms with Crippen LogP contribution in [0.2, 0.25) is 0 Å². The molecule has 0 saturated heterocycles. The molecule has 1 amide bonds. The fourth-order valence-corrected chi connectivity index (χ4v) is 2.06. The minimum absolute atomic E-state index is 0.0678. The third-order valence-corrected chi connectivity index (χ3v) is 3.50. The molecule has 20 heavy (non-hydrogen) atoms. The van der Waals surface area contributed by atoms with Crippen LogP contribution in [0.5, 0.6) is 0 Å². The van der Waals surface area contributed by atoms with Gasteiger partial charge in [0.25, 0.3) is 0 Å². The number of carboxylic acid groups (broad SMARTS) is 1. The van der Waals surface area contributed by atoms with Crippen LogP contribution >= 0.6 is 0 Å². The summed E-state index contributed by atoms with van der Waals surface area (Å²) in [5.41, 5.74) is 0. The van der Waals surface area contributed by atoms with Gasteiger partial charge in [0.2, 0.25) is 5.91 Å². The second-order valence-electron chi connectivity index (χ2n) is 4.95. The lowest BCUT2D eigenvalue weighted by molar-refractivity contribution is -0.137. The molecule has 1 aromatic rings. The maximum absolute atomic E-state index is 11.9. The summed E-state index contributed by atoms with van der Waals surface area (Å²) in [6.45, 7) is 4.41. The molecule has 0 saturated carbocycles.